The highest BCUT2D eigenvalue weighted by molar-refractivity contribution is 6.12. The zero-order valence-corrected chi connectivity index (χ0v) is 22.0. The average Bonchev–Trinajstić information content (AvgIpc) is 3.34. The molecule has 37 heavy (non-hydrogen) atoms. The van der Waals surface area contributed by atoms with Gasteiger partial charge in [0.2, 0.25) is 5.60 Å². The van der Waals surface area contributed by atoms with Crippen LogP contribution < -0.4 is 5.32 Å². The first kappa shape index (κ1) is 28.2. The molecule has 2 heterocycles. The Balaban J connectivity index is 1.73. The molecule has 1 aliphatic rings. The summed E-state index contributed by atoms with van der Waals surface area (Å²) >= 11 is 0. The Labute approximate surface area is 217 Å². The lowest BCUT2D eigenvalue weighted by Gasteiger charge is -2.30. The Morgan fingerprint density at radius 3 is 2.62 bits per heavy atom. The molecule has 200 valence electrons. The molecule has 0 radical (unpaired) electrons. The second-order valence-electron chi connectivity index (χ2n) is 9.86. The largest absolute Gasteiger partial charge is 0.463 e. The van der Waals surface area contributed by atoms with Crippen molar-refractivity contribution in [1.29, 1.82) is 0 Å². The van der Waals surface area contributed by atoms with Gasteiger partial charge in [-0.1, -0.05) is 63.0 Å². The molecule has 0 bridgehead atoms. The van der Waals surface area contributed by atoms with Crippen LogP contribution in [0.25, 0.3) is 10.8 Å². The summed E-state index contributed by atoms with van der Waals surface area (Å²) in [5, 5.41) is 8.59. The fourth-order valence-electron chi connectivity index (χ4n) is 4.42. The predicted octanol–water partition coefficient (Wildman–Crippen LogP) is 4.68. The topological polar surface area (TPSA) is 107 Å². The molecule has 1 amide bonds. The number of alkyl halides is 1. The fourth-order valence-corrected chi connectivity index (χ4v) is 4.42. The van der Waals surface area contributed by atoms with Crippen LogP contribution in [-0.2, 0) is 24.0 Å². The molecule has 1 aromatic carbocycles. The molecule has 1 aliphatic heterocycles. The summed E-state index contributed by atoms with van der Waals surface area (Å²) in [5.41, 5.74) is -0.347. The van der Waals surface area contributed by atoms with Gasteiger partial charge >= 0.3 is 5.97 Å². The molecule has 9 heteroatoms. The van der Waals surface area contributed by atoms with Gasteiger partial charge in [-0.25, -0.2) is 4.39 Å². The lowest BCUT2D eigenvalue weighted by atomic mass is 9.83. The quantitative estimate of drug-likeness (QED) is 0.308. The number of hydrogen-bond acceptors (Lipinski definition) is 7. The first-order valence-electron chi connectivity index (χ1n) is 12.9. The zero-order valence-electron chi connectivity index (χ0n) is 22.0. The first-order valence-corrected chi connectivity index (χ1v) is 12.9. The molecule has 0 fully saturated rings. The number of hydrogen-bond donors (Lipinski definition) is 1. The molecular formula is C28H36FN3O5. The van der Waals surface area contributed by atoms with E-state index >= 15 is 0 Å². The number of rotatable bonds is 13. The second-order valence-corrected chi connectivity index (χ2v) is 9.86. The number of pyridine rings is 1. The molecule has 3 atom stereocenters. The van der Waals surface area contributed by atoms with E-state index in [0.29, 0.717) is 17.8 Å². The van der Waals surface area contributed by atoms with E-state index in [0.717, 1.165) is 30.0 Å². The number of oxime groups is 1. The van der Waals surface area contributed by atoms with Crippen molar-refractivity contribution in [3.63, 3.8) is 0 Å². The number of amides is 1. The molecule has 3 rings (SSSR count). The summed E-state index contributed by atoms with van der Waals surface area (Å²) < 4.78 is 18.7. The van der Waals surface area contributed by atoms with Gasteiger partial charge in [-0.05, 0) is 31.2 Å². The van der Waals surface area contributed by atoms with Crippen molar-refractivity contribution < 1.29 is 28.3 Å². The first-order chi connectivity index (χ1) is 17.7. The molecule has 0 saturated carbocycles. The van der Waals surface area contributed by atoms with Gasteiger partial charge in [0, 0.05) is 23.9 Å². The number of fused-ring (bicyclic) bond motifs is 1. The highest BCUT2D eigenvalue weighted by Crippen LogP contribution is 2.35. The molecule has 0 aliphatic carbocycles. The third kappa shape index (κ3) is 6.70. The number of halogens is 1. The fraction of sp³-hybridized carbons (Fsp3) is 0.536. The number of benzene rings is 1. The number of ether oxygens (including phenoxy) is 1. The maximum Gasteiger partial charge on any atom is 0.308 e. The number of nitrogens with zero attached hydrogens (tertiary/aromatic N) is 2. The molecule has 1 aromatic heterocycles. The van der Waals surface area contributed by atoms with Crippen LogP contribution in [0.3, 0.4) is 0 Å². The van der Waals surface area contributed by atoms with Gasteiger partial charge in [0.25, 0.3) is 5.91 Å². The minimum absolute atomic E-state index is 0.104. The third-order valence-corrected chi connectivity index (χ3v) is 6.76. The van der Waals surface area contributed by atoms with Crippen LogP contribution in [0.2, 0.25) is 0 Å². The molecule has 1 N–H and O–H groups in total. The van der Waals surface area contributed by atoms with E-state index in [-0.39, 0.29) is 18.4 Å². The normalized spacial score (nSPS) is 18.7. The van der Waals surface area contributed by atoms with Crippen LogP contribution >= 0.6 is 0 Å². The van der Waals surface area contributed by atoms with Crippen molar-refractivity contribution >= 4 is 34.1 Å². The van der Waals surface area contributed by atoms with Gasteiger partial charge in [-0.15, -0.1) is 0 Å². The Morgan fingerprint density at radius 1 is 1.16 bits per heavy atom. The van der Waals surface area contributed by atoms with Crippen LogP contribution in [0.4, 0.5) is 4.39 Å². The number of Topliss-reactive ketones (excluding diaryl/α,β-unsaturated/α-hetero) is 1. The maximum absolute atomic E-state index is 13.5. The van der Waals surface area contributed by atoms with Gasteiger partial charge < -0.3 is 14.9 Å². The molecule has 0 saturated heterocycles. The summed E-state index contributed by atoms with van der Waals surface area (Å²) in [6.07, 6.45) is 4.65. The molecule has 0 spiro atoms. The van der Waals surface area contributed by atoms with Crippen LogP contribution in [0.5, 0.6) is 0 Å². The van der Waals surface area contributed by atoms with E-state index in [2.05, 4.69) is 22.4 Å². The maximum atomic E-state index is 13.5. The Morgan fingerprint density at radius 2 is 1.92 bits per heavy atom. The standard InChI is InChI=1S/C28H36FN3O5/c1-5-6-7-10-19(4)36-25(34)15-22(24(33)17-29)31-27(35)28(18(2)3)16-23(32-37-28)26-21-12-9-8-11-20(21)13-14-30-26/h8-9,11-14,18-19,22H,5-7,10,15-17H2,1-4H3,(H,31,35)/t19?,22-,28?/m0/s1. The number of ketones is 1. The minimum Gasteiger partial charge on any atom is -0.463 e. The molecular weight excluding hydrogens is 477 g/mol. The number of nitrogens with one attached hydrogen (secondary N) is 1. The van der Waals surface area contributed by atoms with E-state index in [1.807, 2.05) is 30.3 Å². The van der Waals surface area contributed by atoms with Crippen molar-refractivity contribution in [2.45, 2.75) is 84.0 Å². The lowest BCUT2D eigenvalue weighted by Crippen LogP contribution is -2.56. The van der Waals surface area contributed by atoms with Crippen molar-refractivity contribution in [3.8, 4) is 0 Å². The number of unbranched alkanes of at least 4 members (excludes halogenated alkanes) is 2. The highest BCUT2D eigenvalue weighted by Gasteiger charge is 2.51. The summed E-state index contributed by atoms with van der Waals surface area (Å²) in [6, 6.07) is 8.20. The van der Waals surface area contributed by atoms with Crippen LogP contribution in [0.15, 0.2) is 41.7 Å². The van der Waals surface area contributed by atoms with Crippen LogP contribution in [0, 0.1) is 5.92 Å². The van der Waals surface area contributed by atoms with Crippen molar-refractivity contribution in [2.75, 3.05) is 6.67 Å². The SMILES string of the molecule is CCCCCC(C)OC(=O)C[C@H](NC(=O)C1(C(C)C)CC(c2nccc3ccccc23)=NO1)C(=O)CF. The van der Waals surface area contributed by atoms with Crippen LogP contribution in [0.1, 0.15) is 71.9 Å². The summed E-state index contributed by atoms with van der Waals surface area (Å²) in [4.78, 5) is 48.5. The number of esters is 1. The zero-order chi connectivity index (χ0) is 27.0. The second kappa shape index (κ2) is 12.7. The Bertz CT molecular complexity index is 1150. The van der Waals surface area contributed by atoms with E-state index < -0.39 is 42.4 Å². The lowest BCUT2D eigenvalue weighted by molar-refractivity contribution is -0.154. The molecule has 2 unspecified atom stereocenters. The third-order valence-electron chi connectivity index (χ3n) is 6.76. The Kier molecular flexibility index (Phi) is 9.72. The van der Waals surface area contributed by atoms with E-state index in [9.17, 15) is 18.8 Å². The monoisotopic (exact) mass is 513 g/mol. The minimum atomic E-state index is -1.44. The van der Waals surface area contributed by atoms with Crippen LogP contribution in [-0.4, -0.2) is 52.8 Å². The van der Waals surface area contributed by atoms with Crippen molar-refractivity contribution in [3.05, 3.63) is 42.2 Å². The summed E-state index contributed by atoms with van der Waals surface area (Å²) in [5.74, 6) is -2.57. The smallest absolute Gasteiger partial charge is 0.308 e. The predicted molar refractivity (Wildman–Crippen MR) is 139 cm³/mol. The van der Waals surface area contributed by atoms with Gasteiger partial charge in [0.15, 0.2) is 5.78 Å². The molecule has 2 aromatic rings. The summed E-state index contributed by atoms with van der Waals surface area (Å²) in [6.45, 7) is 6.14. The number of aromatic nitrogens is 1. The Hall–Kier alpha value is -3.36. The molecule has 8 nitrogen and oxygen atoms in total. The van der Waals surface area contributed by atoms with E-state index in [4.69, 9.17) is 9.57 Å². The number of carbonyl (C=O) groups is 3. The van der Waals surface area contributed by atoms with E-state index in [1.165, 1.54) is 0 Å². The number of carbonyl (C=O) groups excluding carboxylic acids is 3. The van der Waals surface area contributed by atoms with Gasteiger partial charge in [0.05, 0.1) is 18.2 Å². The highest BCUT2D eigenvalue weighted by atomic mass is 19.1. The van der Waals surface area contributed by atoms with E-state index in [1.54, 1.807) is 27.0 Å². The van der Waals surface area contributed by atoms with Gasteiger partial charge in [-0.3, -0.25) is 19.4 Å². The van der Waals surface area contributed by atoms with Gasteiger partial charge in [0.1, 0.15) is 18.4 Å². The van der Waals surface area contributed by atoms with Crippen molar-refractivity contribution in [1.82, 2.24) is 10.3 Å². The average molecular weight is 514 g/mol. The van der Waals surface area contributed by atoms with Gasteiger partial charge in [-0.2, -0.15) is 0 Å². The van der Waals surface area contributed by atoms with Crippen molar-refractivity contribution in [2.24, 2.45) is 11.1 Å². The summed E-state index contributed by atoms with van der Waals surface area (Å²) in [7, 11) is 0.